The smallest absolute Gasteiger partial charge is 0.257 e. The fourth-order valence-corrected chi connectivity index (χ4v) is 3.04. The van der Waals surface area contributed by atoms with Crippen LogP contribution < -0.4 is 10.1 Å². The highest BCUT2D eigenvalue weighted by atomic mass is 16.5. The number of ketones is 1. The first-order valence-corrected chi connectivity index (χ1v) is 7.58. The van der Waals surface area contributed by atoms with E-state index in [9.17, 15) is 9.59 Å². The summed E-state index contributed by atoms with van der Waals surface area (Å²) in [5.74, 6) is 0.470. The van der Waals surface area contributed by atoms with Gasteiger partial charge in [0.2, 0.25) is 0 Å². The predicted molar refractivity (Wildman–Crippen MR) is 94.9 cm³/mol. The molecule has 0 spiro atoms. The number of fused-ring (bicyclic) bond motifs is 1. The number of aromatic nitrogens is 1. The van der Waals surface area contributed by atoms with E-state index >= 15 is 0 Å². The largest absolute Gasteiger partial charge is 0.497 e. The number of Topliss-reactive ketones (excluding diaryl/α,β-unsaturated/α-hetero) is 1. The first kappa shape index (κ1) is 17.8. The Morgan fingerprint density at radius 2 is 1.88 bits per heavy atom. The van der Waals surface area contributed by atoms with Crippen molar-refractivity contribution in [3.8, 4) is 5.75 Å². The van der Waals surface area contributed by atoms with Crippen molar-refractivity contribution in [1.82, 2.24) is 4.98 Å². The molecule has 0 bridgehead atoms. The first-order chi connectivity index (χ1) is 10.9. The number of nitrogens with one attached hydrogen (secondary N) is 2. The van der Waals surface area contributed by atoms with Crippen molar-refractivity contribution in [2.45, 2.75) is 34.1 Å². The molecule has 1 aliphatic carbocycles. The van der Waals surface area contributed by atoms with Gasteiger partial charge in [0, 0.05) is 24.0 Å². The summed E-state index contributed by atoms with van der Waals surface area (Å²) in [6.07, 6.45) is 2.85. The lowest BCUT2D eigenvalue weighted by molar-refractivity contribution is 0.0902. The van der Waals surface area contributed by atoms with Crippen LogP contribution in [0.1, 0.15) is 54.1 Å². The zero-order chi connectivity index (χ0) is 16.6. The maximum Gasteiger partial charge on any atom is 0.257 e. The third-order valence-electron chi connectivity index (χ3n) is 4.13. The zero-order valence-electron chi connectivity index (χ0n) is 13.5. The van der Waals surface area contributed by atoms with Crippen molar-refractivity contribution in [3.63, 3.8) is 0 Å². The number of H-pyrrole nitrogens is 1. The molecule has 0 unspecified atom stereocenters. The molecule has 0 radical (unpaired) electrons. The van der Waals surface area contributed by atoms with Crippen LogP contribution in [0.4, 0.5) is 5.69 Å². The number of ether oxygens (including phenoxy) is 1. The van der Waals surface area contributed by atoms with Crippen molar-refractivity contribution < 1.29 is 14.3 Å². The second-order valence-electron chi connectivity index (χ2n) is 6.68. The summed E-state index contributed by atoms with van der Waals surface area (Å²) in [6, 6.07) is 7.08. The Hall–Kier alpha value is -2.56. The van der Waals surface area contributed by atoms with E-state index in [4.69, 9.17) is 4.74 Å². The number of amides is 1. The second kappa shape index (κ2) is 6.51. The van der Waals surface area contributed by atoms with Gasteiger partial charge in [0.15, 0.2) is 5.78 Å². The normalized spacial score (nSPS) is 15.2. The van der Waals surface area contributed by atoms with E-state index in [0.29, 0.717) is 23.2 Å². The van der Waals surface area contributed by atoms with Crippen molar-refractivity contribution in [3.05, 3.63) is 47.3 Å². The predicted octanol–water partition coefficient (Wildman–Crippen LogP) is 4.07. The Bertz CT molecular complexity index is 757. The van der Waals surface area contributed by atoms with Gasteiger partial charge in [0.25, 0.3) is 5.91 Å². The first-order valence-electron chi connectivity index (χ1n) is 7.58. The average molecular weight is 328 g/mol. The molecule has 24 heavy (non-hydrogen) atoms. The molecule has 0 atom stereocenters. The van der Waals surface area contributed by atoms with Gasteiger partial charge in [-0.1, -0.05) is 21.3 Å². The summed E-state index contributed by atoms with van der Waals surface area (Å²) in [5, 5.41) is 2.82. The number of hydrogen-bond donors (Lipinski definition) is 2. The molecule has 2 N–H and O–H groups in total. The molecule has 0 saturated heterocycles. The molecule has 0 fully saturated rings. The van der Waals surface area contributed by atoms with Gasteiger partial charge < -0.3 is 15.0 Å². The summed E-state index contributed by atoms with van der Waals surface area (Å²) in [4.78, 5) is 28.0. The number of methoxy groups -OCH3 is 1. The molecule has 5 heteroatoms. The van der Waals surface area contributed by atoms with Gasteiger partial charge in [0.1, 0.15) is 5.75 Å². The van der Waals surface area contributed by atoms with E-state index in [-0.39, 0.29) is 24.5 Å². The third-order valence-corrected chi connectivity index (χ3v) is 4.13. The van der Waals surface area contributed by atoms with E-state index in [2.05, 4.69) is 24.1 Å². The molecule has 128 valence electrons. The number of hydrogen-bond acceptors (Lipinski definition) is 3. The van der Waals surface area contributed by atoms with Crippen LogP contribution in [0, 0.1) is 5.41 Å². The molecule has 3 rings (SSSR count). The minimum atomic E-state index is -0.277. The van der Waals surface area contributed by atoms with Gasteiger partial charge in [-0.3, -0.25) is 9.59 Å². The van der Waals surface area contributed by atoms with Crippen LogP contribution in [0.3, 0.4) is 0 Å². The van der Waals surface area contributed by atoms with Crippen LogP contribution in [0.15, 0.2) is 30.5 Å². The van der Waals surface area contributed by atoms with Gasteiger partial charge >= 0.3 is 0 Å². The Morgan fingerprint density at radius 3 is 2.50 bits per heavy atom. The van der Waals surface area contributed by atoms with Crippen molar-refractivity contribution in [2.75, 3.05) is 12.4 Å². The quantitative estimate of drug-likeness (QED) is 0.892. The van der Waals surface area contributed by atoms with Crippen LogP contribution in [0.25, 0.3) is 0 Å². The van der Waals surface area contributed by atoms with E-state index in [1.165, 1.54) is 0 Å². The SMILES string of the molecule is C.COc1ccc(NC(=O)c2c[nH]c3c2C(=O)CC(C)(C)C3)cc1. The monoisotopic (exact) mass is 328 g/mol. The van der Waals surface area contributed by atoms with Gasteiger partial charge in [0.05, 0.1) is 18.2 Å². The Morgan fingerprint density at radius 1 is 1.21 bits per heavy atom. The topological polar surface area (TPSA) is 71.2 Å². The zero-order valence-corrected chi connectivity index (χ0v) is 13.5. The molecule has 0 saturated carbocycles. The molecular weight excluding hydrogens is 304 g/mol. The molecule has 1 aromatic carbocycles. The highest BCUT2D eigenvalue weighted by Gasteiger charge is 2.35. The second-order valence-corrected chi connectivity index (χ2v) is 6.68. The minimum Gasteiger partial charge on any atom is -0.497 e. The van der Waals surface area contributed by atoms with E-state index in [0.717, 1.165) is 17.9 Å². The molecule has 1 heterocycles. The van der Waals surface area contributed by atoms with Crippen LogP contribution in [0.5, 0.6) is 5.75 Å². The average Bonchev–Trinajstić information content (AvgIpc) is 2.90. The number of carbonyl (C=O) groups excluding carboxylic acids is 2. The number of rotatable bonds is 3. The van der Waals surface area contributed by atoms with Gasteiger partial charge in [-0.05, 0) is 36.1 Å². The fourth-order valence-electron chi connectivity index (χ4n) is 3.04. The summed E-state index contributed by atoms with van der Waals surface area (Å²) in [6.45, 7) is 4.12. The Balaban J connectivity index is 0.00000208. The van der Waals surface area contributed by atoms with Gasteiger partial charge in [-0.15, -0.1) is 0 Å². The standard InChI is InChI=1S/C18H20N2O3.CH4/c1-18(2)8-14-16(15(21)9-18)13(10-19-14)17(22)20-11-4-6-12(23-3)7-5-11;/h4-7,10,19H,8-9H2,1-3H3,(H,20,22);1H4. The van der Waals surface area contributed by atoms with Crippen molar-refractivity contribution >= 4 is 17.4 Å². The fraction of sp³-hybridized carbons (Fsp3) is 0.368. The van der Waals surface area contributed by atoms with Crippen molar-refractivity contribution in [1.29, 1.82) is 0 Å². The number of anilines is 1. The van der Waals surface area contributed by atoms with Gasteiger partial charge in [-0.2, -0.15) is 0 Å². The Labute approximate surface area is 142 Å². The van der Waals surface area contributed by atoms with Crippen LogP contribution in [0.2, 0.25) is 0 Å². The summed E-state index contributed by atoms with van der Waals surface area (Å²) in [7, 11) is 1.59. The third kappa shape index (κ3) is 3.35. The summed E-state index contributed by atoms with van der Waals surface area (Å²) >= 11 is 0. The lowest BCUT2D eigenvalue weighted by Gasteiger charge is -2.28. The van der Waals surface area contributed by atoms with E-state index < -0.39 is 0 Å². The molecule has 1 amide bonds. The summed E-state index contributed by atoms with van der Waals surface area (Å²) in [5.41, 5.74) is 2.39. The molecule has 1 aromatic heterocycles. The van der Waals surface area contributed by atoms with Gasteiger partial charge in [-0.25, -0.2) is 0 Å². The van der Waals surface area contributed by atoms with Crippen LogP contribution >= 0.6 is 0 Å². The summed E-state index contributed by atoms with van der Waals surface area (Å²) < 4.78 is 5.09. The number of aromatic amines is 1. The lowest BCUT2D eigenvalue weighted by Crippen LogP contribution is -2.28. The van der Waals surface area contributed by atoms with Crippen LogP contribution in [-0.4, -0.2) is 23.8 Å². The molecule has 0 aliphatic heterocycles. The molecule has 5 nitrogen and oxygen atoms in total. The lowest BCUT2D eigenvalue weighted by atomic mass is 9.75. The minimum absolute atomic E-state index is 0. The maximum atomic E-state index is 12.5. The van der Waals surface area contributed by atoms with Crippen molar-refractivity contribution in [2.24, 2.45) is 5.41 Å². The number of benzene rings is 1. The molecule has 1 aliphatic rings. The van der Waals surface area contributed by atoms with E-state index in [1.807, 2.05) is 0 Å². The Kier molecular flexibility index (Phi) is 4.83. The highest BCUT2D eigenvalue weighted by molar-refractivity contribution is 6.13. The highest BCUT2D eigenvalue weighted by Crippen LogP contribution is 2.35. The molecular formula is C19H24N2O3. The van der Waals surface area contributed by atoms with E-state index in [1.54, 1.807) is 37.6 Å². The number of carbonyl (C=O) groups is 2. The molecule has 2 aromatic rings. The van der Waals surface area contributed by atoms with Crippen LogP contribution in [-0.2, 0) is 6.42 Å². The maximum absolute atomic E-state index is 12.5.